The second-order valence-electron chi connectivity index (χ2n) is 7.77. The number of fused-ring (bicyclic) bond motifs is 1. The fraction of sp³-hybridized carbons (Fsp3) is 0.200. The monoisotopic (exact) mass is 476 g/mol. The van der Waals surface area contributed by atoms with Gasteiger partial charge in [-0.3, -0.25) is 20.4 Å². The van der Waals surface area contributed by atoms with E-state index in [0.29, 0.717) is 29.5 Å². The van der Waals surface area contributed by atoms with Gasteiger partial charge in [0.2, 0.25) is 11.9 Å². The van der Waals surface area contributed by atoms with E-state index in [9.17, 15) is 4.79 Å². The van der Waals surface area contributed by atoms with Gasteiger partial charge in [-0.1, -0.05) is 17.7 Å². The van der Waals surface area contributed by atoms with Crippen LogP contribution in [0.15, 0.2) is 59.7 Å². The second-order valence-corrected chi connectivity index (χ2v) is 8.21. The van der Waals surface area contributed by atoms with E-state index >= 15 is 0 Å². The molecule has 0 atom stereocenters. The van der Waals surface area contributed by atoms with Gasteiger partial charge in [-0.25, -0.2) is 9.97 Å². The van der Waals surface area contributed by atoms with Gasteiger partial charge in [-0.05, 0) is 62.2 Å². The second kappa shape index (κ2) is 10.4. The third-order valence-corrected chi connectivity index (χ3v) is 5.39. The number of hydrogen-bond donors (Lipinski definition) is 3. The number of carbonyl (C=O) groups is 1. The largest absolute Gasteiger partial charge is 0.497 e. The van der Waals surface area contributed by atoms with Crippen LogP contribution in [0.25, 0.3) is 10.9 Å². The minimum absolute atomic E-state index is 0.261. The molecule has 0 aliphatic rings. The van der Waals surface area contributed by atoms with Crippen molar-refractivity contribution >= 4 is 40.3 Å². The van der Waals surface area contributed by atoms with Crippen LogP contribution in [0.5, 0.6) is 5.75 Å². The Balaban J connectivity index is 1.54. The van der Waals surface area contributed by atoms with Gasteiger partial charge in [0.15, 0.2) is 0 Å². The topological polar surface area (TPSA) is 104 Å². The fourth-order valence-electron chi connectivity index (χ4n) is 3.59. The van der Waals surface area contributed by atoms with Crippen molar-refractivity contribution in [1.82, 2.24) is 20.3 Å². The van der Waals surface area contributed by atoms with Crippen LogP contribution in [-0.2, 0) is 6.42 Å². The van der Waals surface area contributed by atoms with Crippen molar-refractivity contribution in [3.8, 4) is 5.75 Å². The summed E-state index contributed by atoms with van der Waals surface area (Å²) in [6.45, 7) is 4.20. The minimum atomic E-state index is -0.336. The maximum Gasteiger partial charge on any atom is 0.258 e. The van der Waals surface area contributed by atoms with Gasteiger partial charge in [0, 0.05) is 51.7 Å². The van der Waals surface area contributed by atoms with Crippen molar-refractivity contribution in [1.29, 1.82) is 0 Å². The number of amides is 1. The first-order valence-corrected chi connectivity index (χ1v) is 11.1. The molecule has 174 valence electrons. The number of anilines is 1. The molecule has 2 aromatic heterocycles. The number of guanidine groups is 1. The Hall–Kier alpha value is -3.91. The number of nitrogens with zero attached hydrogens (tertiary/aromatic N) is 3. The standard InChI is InChI=1S/C25H25ClN6O2/c1-15-11-16(2)30-25(29-15)32-24(31-23(33)17-5-4-6-19(26)12-17)27-10-9-18-14-28-22-13-20(34-3)7-8-21(18)22/h4-8,11-14,28H,9-10H2,1-3H3,(H2,27,29,30,31,32,33). The molecular formula is C25H25ClN6O2. The Kier molecular flexibility index (Phi) is 7.08. The number of hydrogen-bond acceptors (Lipinski definition) is 5. The molecule has 0 unspecified atom stereocenters. The maximum absolute atomic E-state index is 12.8. The molecule has 34 heavy (non-hydrogen) atoms. The number of aromatic nitrogens is 3. The van der Waals surface area contributed by atoms with Crippen LogP contribution >= 0.6 is 11.6 Å². The fourth-order valence-corrected chi connectivity index (χ4v) is 3.79. The Morgan fingerprint density at radius 3 is 2.65 bits per heavy atom. The predicted molar refractivity (Wildman–Crippen MR) is 135 cm³/mol. The van der Waals surface area contributed by atoms with E-state index in [4.69, 9.17) is 16.3 Å². The molecular weight excluding hydrogens is 452 g/mol. The summed E-state index contributed by atoms with van der Waals surface area (Å²) >= 11 is 6.04. The number of H-pyrrole nitrogens is 1. The smallest absolute Gasteiger partial charge is 0.258 e. The number of halogens is 1. The molecule has 4 rings (SSSR count). The number of aliphatic imine (C=N–C) groups is 1. The average Bonchev–Trinajstić information content (AvgIpc) is 3.20. The molecule has 9 heteroatoms. The molecule has 1 amide bonds. The van der Waals surface area contributed by atoms with Crippen molar-refractivity contribution in [2.24, 2.45) is 4.99 Å². The zero-order chi connectivity index (χ0) is 24.1. The Labute approximate surface area is 202 Å². The van der Waals surface area contributed by atoms with Gasteiger partial charge >= 0.3 is 0 Å². The summed E-state index contributed by atoms with van der Waals surface area (Å²) in [6.07, 6.45) is 2.63. The van der Waals surface area contributed by atoms with Gasteiger partial charge in [0.25, 0.3) is 5.91 Å². The van der Waals surface area contributed by atoms with Gasteiger partial charge in [0.05, 0.1) is 7.11 Å². The van der Waals surface area contributed by atoms with E-state index < -0.39 is 0 Å². The van der Waals surface area contributed by atoms with Crippen LogP contribution in [0.1, 0.15) is 27.3 Å². The predicted octanol–water partition coefficient (Wildman–Crippen LogP) is 4.68. The Morgan fingerprint density at radius 1 is 1.12 bits per heavy atom. The Morgan fingerprint density at radius 2 is 1.91 bits per heavy atom. The van der Waals surface area contributed by atoms with Crippen LogP contribution in [0.2, 0.25) is 5.02 Å². The Bertz CT molecular complexity index is 1340. The third-order valence-electron chi connectivity index (χ3n) is 5.16. The number of aryl methyl sites for hydroxylation is 2. The van der Waals surface area contributed by atoms with Crippen molar-refractivity contribution in [2.75, 3.05) is 19.0 Å². The first-order chi connectivity index (χ1) is 16.4. The molecule has 4 aromatic rings. The van der Waals surface area contributed by atoms with Gasteiger partial charge in [0.1, 0.15) is 5.75 Å². The zero-order valence-electron chi connectivity index (χ0n) is 19.1. The van der Waals surface area contributed by atoms with Gasteiger partial charge in [-0.2, -0.15) is 0 Å². The lowest BCUT2D eigenvalue weighted by molar-refractivity contribution is 0.0977. The van der Waals surface area contributed by atoms with E-state index in [1.165, 1.54) is 0 Å². The van der Waals surface area contributed by atoms with Crippen LogP contribution in [0, 0.1) is 13.8 Å². The number of ether oxygens (including phenoxy) is 1. The molecule has 0 saturated carbocycles. The highest BCUT2D eigenvalue weighted by atomic mass is 35.5. The molecule has 0 fully saturated rings. The third kappa shape index (κ3) is 5.71. The molecule has 2 aromatic carbocycles. The lowest BCUT2D eigenvalue weighted by Crippen LogP contribution is -2.37. The summed E-state index contributed by atoms with van der Waals surface area (Å²) in [5, 5.41) is 7.45. The normalized spacial score (nSPS) is 11.5. The summed E-state index contributed by atoms with van der Waals surface area (Å²) in [5.41, 5.74) is 4.16. The van der Waals surface area contributed by atoms with E-state index in [1.54, 1.807) is 31.4 Å². The minimum Gasteiger partial charge on any atom is -0.497 e. The molecule has 2 heterocycles. The lowest BCUT2D eigenvalue weighted by Gasteiger charge is -2.12. The number of nitrogens with one attached hydrogen (secondary N) is 3. The maximum atomic E-state index is 12.8. The summed E-state index contributed by atoms with van der Waals surface area (Å²) in [5.74, 6) is 1.08. The lowest BCUT2D eigenvalue weighted by atomic mass is 10.1. The van der Waals surface area contributed by atoms with Crippen molar-refractivity contribution in [3.05, 3.63) is 82.3 Å². The van der Waals surface area contributed by atoms with E-state index in [1.807, 2.05) is 44.3 Å². The molecule has 0 aliphatic carbocycles. The molecule has 0 radical (unpaired) electrons. The molecule has 8 nitrogen and oxygen atoms in total. The number of aromatic amines is 1. The average molecular weight is 477 g/mol. The number of carbonyl (C=O) groups excluding carboxylic acids is 1. The first kappa shape index (κ1) is 23.3. The molecule has 3 N–H and O–H groups in total. The summed E-state index contributed by atoms with van der Waals surface area (Å²) < 4.78 is 5.29. The van der Waals surface area contributed by atoms with Crippen LogP contribution in [0.3, 0.4) is 0 Å². The summed E-state index contributed by atoms with van der Waals surface area (Å²) in [4.78, 5) is 29.5. The zero-order valence-corrected chi connectivity index (χ0v) is 19.9. The van der Waals surface area contributed by atoms with E-state index in [-0.39, 0.29) is 11.9 Å². The van der Waals surface area contributed by atoms with Crippen molar-refractivity contribution in [2.45, 2.75) is 20.3 Å². The van der Waals surface area contributed by atoms with Crippen LogP contribution in [-0.4, -0.2) is 40.5 Å². The quantitative estimate of drug-likeness (QED) is 0.277. The number of methoxy groups -OCH3 is 1. The number of rotatable bonds is 6. The highest BCUT2D eigenvalue weighted by Gasteiger charge is 2.12. The SMILES string of the molecule is COc1ccc2c(CCN=C(NC(=O)c3cccc(Cl)c3)Nc3nc(C)cc(C)n3)c[nH]c2c1. The van der Waals surface area contributed by atoms with Crippen LogP contribution in [0.4, 0.5) is 5.95 Å². The molecule has 0 saturated heterocycles. The van der Waals surface area contributed by atoms with E-state index in [0.717, 1.165) is 33.6 Å². The van der Waals surface area contributed by atoms with Crippen molar-refractivity contribution < 1.29 is 9.53 Å². The first-order valence-electron chi connectivity index (χ1n) is 10.8. The molecule has 0 aliphatic heterocycles. The van der Waals surface area contributed by atoms with Crippen molar-refractivity contribution in [3.63, 3.8) is 0 Å². The highest BCUT2D eigenvalue weighted by molar-refractivity contribution is 6.31. The van der Waals surface area contributed by atoms with E-state index in [2.05, 4.69) is 30.6 Å². The van der Waals surface area contributed by atoms with Gasteiger partial charge < -0.3 is 9.72 Å². The summed E-state index contributed by atoms with van der Waals surface area (Å²) in [7, 11) is 1.64. The summed E-state index contributed by atoms with van der Waals surface area (Å²) in [6, 6.07) is 14.5. The van der Waals surface area contributed by atoms with Gasteiger partial charge in [-0.15, -0.1) is 0 Å². The highest BCUT2D eigenvalue weighted by Crippen LogP contribution is 2.23. The van der Waals surface area contributed by atoms with Crippen LogP contribution < -0.4 is 15.4 Å². The molecule has 0 spiro atoms. The number of benzene rings is 2. The molecule has 0 bridgehead atoms.